The van der Waals surface area contributed by atoms with E-state index < -0.39 is 55.0 Å². The first kappa shape index (κ1) is 27.0. The SMILES string of the molecule is CCC(C)C(NN)C(=O)Nc1ncnc2c1c(C#N)cn2C1OC(CO)C(OC(C)=O)C1OC(C)=O. The molecule has 36 heavy (non-hydrogen) atoms. The number of carbonyl (C=O) groups is 3. The van der Waals surface area contributed by atoms with Crippen LogP contribution in [0.1, 0.15) is 45.9 Å². The fourth-order valence-electron chi connectivity index (χ4n) is 4.12. The summed E-state index contributed by atoms with van der Waals surface area (Å²) in [5, 5.41) is 22.5. The van der Waals surface area contributed by atoms with Crippen LogP contribution in [-0.2, 0) is 28.6 Å². The molecule has 0 aliphatic carbocycles. The standard InChI is InChI=1S/C22H29N7O7/c1-5-10(2)16(28-24)21(33)27-19-15-13(6-23)7-29(20(15)26-9-25-19)22-18(35-12(4)32)17(34-11(3)31)14(8-30)36-22/h7,9-10,14,16-18,22,28,30H,5,8,24H2,1-4H3,(H,25,26,27,33). The lowest BCUT2D eigenvalue weighted by molar-refractivity contribution is -0.165. The largest absolute Gasteiger partial charge is 0.456 e. The fourth-order valence-corrected chi connectivity index (χ4v) is 4.12. The maximum atomic E-state index is 12.9. The number of nitrogens with two attached hydrogens (primary N) is 1. The van der Waals surface area contributed by atoms with Crippen LogP contribution >= 0.6 is 0 Å². The second-order valence-corrected chi connectivity index (χ2v) is 8.40. The van der Waals surface area contributed by atoms with Gasteiger partial charge in [0.25, 0.3) is 0 Å². The minimum Gasteiger partial charge on any atom is -0.456 e. The van der Waals surface area contributed by atoms with E-state index in [1.54, 1.807) is 0 Å². The predicted octanol–water partition coefficient (Wildman–Crippen LogP) is -0.127. The van der Waals surface area contributed by atoms with Crippen LogP contribution in [0, 0.1) is 17.2 Å². The molecule has 5 N–H and O–H groups in total. The molecular formula is C22H29N7O7. The number of ether oxygens (including phenoxy) is 3. The lowest BCUT2D eigenvalue weighted by atomic mass is 9.99. The lowest BCUT2D eigenvalue weighted by Gasteiger charge is -2.24. The van der Waals surface area contributed by atoms with E-state index in [0.29, 0.717) is 6.42 Å². The fraction of sp³-hybridized carbons (Fsp3) is 0.545. The minimum atomic E-state index is -1.16. The van der Waals surface area contributed by atoms with Crippen molar-refractivity contribution in [1.29, 1.82) is 5.26 Å². The Labute approximate surface area is 206 Å². The van der Waals surface area contributed by atoms with E-state index in [4.69, 9.17) is 20.1 Å². The summed E-state index contributed by atoms with van der Waals surface area (Å²) in [5.41, 5.74) is 2.78. The minimum absolute atomic E-state index is 0.0705. The Kier molecular flexibility index (Phi) is 8.53. The molecule has 0 radical (unpaired) electrons. The Morgan fingerprint density at radius 2 is 1.94 bits per heavy atom. The number of nitrogens with zero attached hydrogens (tertiary/aromatic N) is 4. The highest BCUT2D eigenvalue weighted by atomic mass is 16.6. The van der Waals surface area contributed by atoms with Crippen LogP contribution < -0.4 is 16.6 Å². The van der Waals surface area contributed by atoms with E-state index >= 15 is 0 Å². The monoisotopic (exact) mass is 503 g/mol. The summed E-state index contributed by atoms with van der Waals surface area (Å²) in [6, 6.07) is 1.32. The molecule has 2 aromatic rings. The number of aromatic nitrogens is 3. The molecule has 6 atom stereocenters. The van der Waals surface area contributed by atoms with Crippen molar-refractivity contribution >= 4 is 34.7 Å². The highest BCUT2D eigenvalue weighted by Gasteiger charge is 2.50. The molecule has 0 aromatic carbocycles. The van der Waals surface area contributed by atoms with E-state index in [9.17, 15) is 24.8 Å². The van der Waals surface area contributed by atoms with Gasteiger partial charge in [0, 0.05) is 20.0 Å². The van der Waals surface area contributed by atoms with Gasteiger partial charge in [-0.1, -0.05) is 20.3 Å². The van der Waals surface area contributed by atoms with Gasteiger partial charge in [-0.2, -0.15) is 5.26 Å². The first-order valence-electron chi connectivity index (χ1n) is 11.3. The highest BCUT2D eigenvalue weighted by molar-refractivity contribution is 6.03. The van der Waals surface area contributed by atoms with Gasteiger partial charge < -0.3 is 29.2 Å². The molecule has 3 heterocycles. The lowest BCUT2D eigenvalue weighted by Crippen LogP contribution is -2.48. The normalized spacial score (nSPS) is 23.0. The van der Waals surface area contributed by atoms with Crippen molar-refractivity contribution in [1.82, 2.24) is 20.0 Å². The number of rotatable bonds is 9. The van der Waals surface area contributed by atoms with Crippen LogP contribution in [0.5, 0.6) is 0 Å². The van der Waals surface area contributed by atoms with E-state index in [0.717, 1.165) is 0 Å². The Bertz CT molecular complexity index is 1180. The Morgan fingerprint density at radius 3 is 2.50 bits per heavy atom. The smallest absolute Gasteiger partial charge is 0.303 e. The highest BCUT2D eigenvalue weighted by Crippen LogP contribution is 2.38. The van der Waals surface area contributed by atoms with Crippen molar-refractivity contribution in [2.75, 3.05) is 11.9 Å². The molecule has 1 aliphatic rings. The van der Waals surface area contributed by atoms with Crippen molar-refractivity contribution in [3.8, 4) is 6.07 Å². The summed E-state index contributed by atoms with van der Waals surface area (Å²) < 4.78 is 18.0. The molecule has 1 aliphatic heterocycles. The van der Waals surface area contributed by atoms with Crippen LogP contribution in [0.2, 0.25) is 0 Å². The molecule has 14 nitrogen and oxygen atoms in total. The third-order valence-corrected chi connectivity index (χ3v) is 5.99. The van der Waals surface area contributed by atoms with E-state index in [1.807, 2.05) is 19.9 Å². The van der Waals surface area contributed by atoms with Gasteiger partial charge in [0.05, 0.1) is 17.6 Å². The summed E-state index contributed by atoms with van der Waals surface area (Å²) in [4.78, 5) is 44.8. The molecule has 3 rings (SSSR count). The second-order valence-electron chi connectivity index (χ2n) is 8.40. The molecule has 0 bridgehead atoms. The van der Waals surface area contributed by atoms with Crippen molar-refractivity contribution in [2.45, 2.75) is 64.7 Å². The Balaban J connectivity index is 2.08. The number of hydrazine groups is 1. The summed E-state index contributed by atoms with van der Waals surface area (Å²) in [5.74, 6) is 3.78. The average molecular weight is 504 g/mol. The van der Waals surface area contributed by atoms with Gasteiger partial charge in [0.15, 0.2) is 18.4 Å². The van der Waals surface area contributed by atoms with Gasteiger partial charge >= 0.3 is 11.9 Å². The van der Waals surface area contributed by atoms with Crippen LogP contribution in [0.4, 0.5) is 5.82 Å². The first-order valence-corrected chi connectivity index (χ1v) is 11.3. The number of nitrogens with one attached hydrogen (secondary N) is 2. The van der Waals surface area contributed by atoms with Gasteiger partial charge in [-0.25, -0.2) is 15.4 Å². The summed E-state index contributed by atoms with van der Waals surface area (Å²) in [6.07, 6.45) is -1.13. The number of hydrogen-bond donors (Lipinski definition) is 4. The zero-order valence-electron chi connectivity index (χ0n) is 20.3. The first-order chi connectivity index (χ1) is 17.2. The number of anilines is 1. The molecule has 194 valence electrons. The Morgan fingerprint density at radius 1 is 1.28 bits per heavy atom. The van der Waals surface area contributed by atoms with E-state index in [1.165, 1.54) is 30.9 Å². The van der Waals surface area contributed by atoms with Crippen molar-refractivity contribution in [3.63, 3.8) is 0 Å². The van der Waals surface area contributed by atoms with E-state index in [-0.39, 0.29) is 28.3 Å². The topological polar surface area (TPSA) is 204 Å². The molecular weight excluding hydrogens is 474 g/mol. The van der Waals surface area contributed by atoms with Crippen LogP contribution in [0.15, 0.2) is 12.5 Å². The molecule has 6 unspecified atom stereocenters. The molecule has 0 saturated carbocycles. The number of fused-ring (bicyclic) bond motifs is 1. The number of nitriles is 1. The molecule has 0 spiro atoms. The van der Waals surface area contributed by atoms with Gasteiger partial charge in [0.2, 0.25) is 5.91 Å². The van der Waals surface area contributed by atoms with Gasteiger partial charge in [0.1, 0.15) is 36.0 Å². The van der Waals surface area contributed by atoms with Gasteiger partial charge in [-0.3, -0.25) is 20.2 Å². The molecule has 2 aromatic heterocycles. The van der Waals surface area contributed by atoms with Crippen LogP contribution in [0.25, 0.3) is 11.0 Å². The van der Waals surface area contributed by atoms with Crippen LogP contribution in [0.3, 0.4) is 0 Å². The number of hydrogen-bond acceptors (Lipinski definition) is 12. The molecule has 1 amide bonds. The zero-order chi connectivity index (χ0) is 26.6. The number of amides is 1. The number of aliphatic hydroxyl groups excluding tert-OH is 1. The maximum Gasteiger partial charge on any atom is 0.303 e. The second kappa shape index (κ2) is 11.4. The summed E-state index contributed by atoms with van der Waals surface area (Å²) in [7, 11) is 0. The quantitative estimate of drug-likeness (QED) is 0.201. The number of esters is 2. The number of aliphatic hydroxyl groups is 1. The summed E-state index contributed by atoms with van der Waals surface area (Å²) in [6.45, 7) is 5.60. The van der Waals surface area contributed by atoms with Gasteiger partial charge in [-0.05, 0) is 5.92 Å². The summed E-state index contributed by atoms with van der Waals surface area (Å²) >= 11 is 0. The third-order valence-electron chi connectivity index (χ3n) is 5.99. The van der Waals surface area contributed by atoms with Gasteiger partial charge in [-0.15, -0.1) is 0 Å². The van der Waals surface area contributed by atoms with Crippen LogP contribution in [-0.4, -0.2) is 68.4 Å². The molecule has 14 heteroatoms. The van der Waals surface area contributed by atoms with Crippen molar-refractivity contribution < 1.29 is 33.7 Å². The Hall–Kier alpha value is -3.64. The predicted molar refractivity (Wildman–Crippen MR) is 124 cm³/mol. The number of carbonyl (C=O) groups excluding carboxylic acids is 3. The molecule has 1 fully saturated rings. The van der Waals surface area contributed by atoms with Crippen molar-refractivity contribution in [3.05, 3.63) is 18.1 Å². The van der Waals surface area contributed by atoms with Crippen molar-refractivity contribution in [2.24, 2.45) is 11.8 Å². The zero-order valence-corrected chi connectivity index (χ0v) is 20.3. The third kappa shape index (κ3) is 5.29. The molecule has 1 saturated heterocycles. The average Bonchev–Trinajstić information content (AvgIpc) is 3.37. The maximum absolute atomic E-state index is 12.9. The van der Waals surface area contributed by atoms with E-state index in [2.05, 4.69) is 20.7 Å².